The molecular formula is C20H15N3O2S. The average molecular weight is 361 g/mol. The van der Waals surface area contributed by atoms with E-state index in [1.165, 1.54) is 17.2 Å². The Kier molecular flexibility index (Phi) is 4.33. The summed E-state index contributed by atoms with van der Waals surface area (Å²) >= 11 is 1.70. The van der Waals surface area contributed by atoms with Crippen molar-refractivity contribution in [1.82, 2.24) is 9.97 Å². The minimum absolute atomic E-state index is 0.362. The number of ether oxygens (including phenoxy) is 1. The van der Waals surface area contributed by atoms with E-state index in [0.29, 0.717) is 11.5 Å². The van der Waals surface area contributed by atoms with Gasteiger partial charge in [-0.25, -0.2) is 14.8 Å². The number of carbonyl (C=O) groups excluding carboxylic acids is 1. The molecule has 0 amide bonds. The normalized spacial score (nSPS) is 10.7. The van der Waals surface area contributed by atoms with Gasteiger partial charge in [0.1, 0.15) is 0 Å². The smallest absolute Gasteiger partial charge is 0.337 e. The quantitative estimate of drug-likeness (QED) is 0.524. The van der Waals surface area contributed by atoms with Gasteiger partial charge in [0.25, 0.3) is 0 Å². The van der Waals surface area contributed by atoms with Crippen LogP contribution in [0.1, 0.15) is 10.4 Å². The number of hydrogen-bond donors (Lipinski definition) is 1. The van der Waals surface area contributed by atoms with Crippen LogP contribution in [0, 0.1) is 0 Å². The van der Waals surface area contributed by atoms with Gasteiger partial charge in [0.2, 0.25) is 5.95 Å². The van der Waals surface area contributed by atoms with Gasteiger partial charge in [-0.05, 0) is 47.9 Å². The van der Waals surface area contributed by atoms with Crippen LogP contribution in [-0.4, -0.2) is 23.0 Å². The zero-order valence-corrected chi connectivity index (χ0v) is 14.8. The third kappa shape index (κ3) is 3.27. The molecule has 0 fully saturated rings. The maximum Gasteiger partial charge on any atom is 0.337 e. The zero-order chi connectivity index (χ0) is 17.9. The summed E-state index contributed by atoms with van der Waals surface area (Å²) < 4.78 is 5.93. The van der Waals surface area contributed by atoms with Gasteiger partial charge in [0, 0.05) is 16.6 Å². The Labute approximate surface area is 154 Å². The molecule has 4 aromatic rings. The monoisotopic (exact) mass is 361 g/mol. The first-order valence-corrected chi connectivity index (χ1v) is 8.82. The molecule has 2 aromatic heterocycles. The fraction of sp³-hybridized carbons (Fsp3) is 0.0500. The first-order valence-electron chi connectivity index (χ1n) is 8.00. The topological polar surface area (TPSA) is 64.1 Å². The molecule has 0 aliphatic carbocycles. The predicted molar refractivity (Wildman–Crippen MR) is 104 cm³/mol. The number of esters is 1. The first-order chi connectivity index (χ1) is 12.7. The van der Waals surface area contributed by atoms with Gasteiger partial charge >= 0.3 is 5.97 Å². The standard InChI is InChI=1S/C20H15N3O2S/c1-25-19(24)13-6-8-15(9-7-13)22-20-21-11-10-16(23-20)18-12-14-4-2-3-5-17(14)26-18/h2-12H,1H3,(H,21,22,23). The summed E-state index contributed by atoms with van der Waals surface area (Å²) in [6, 6.07) is 19.3. The summed E-state index contributed by atoms with van der Waals surface area (Å²) in [7, 11) is 1.36. The van der Waals surface area contributed by atoms with Gasteiger partial charge in [0.15, 0.2) is 0 Å². The van der Waals surface area contributed by atoms with E-state index < -0.39 is 0 Å². The first kappa shape index (κ1) is 16.2. The largest absolute Gasteiger partial charge is 0.465 e. The molecule has 1 N–H and O–H groups in total. The summed E-state index contributed by atoms with van der Waals surface area (Å²) in [5.41, 5.74) is 2.17. The Morgan fingerprint density at radius 1 is 1.08 bits per heavy atom. The summed E-state index contributed by atoms with van der Waals surface area (Å²) in [5.74, 6) is 0.144. The molecule has 26 heavy (non-hydrogen) atoms. The Hall–Kier alpha value is -3.25. The maximum atomic E-state index is 11.5. The summed E-state index contributed by atoms with van der Waals surface area (Å²) in [6.45, 7) is 0. The fourth-order valence-electron chi connectivity index (χ4n) is 2.60. The minimum atomic E-state index is -0.362. The van der Waals surface area contributed by atoms with Crippen LogP contribution < -0.4 is 5.32 Å². The van der Waals surface area contributed by atoms with Gasteiger partial charge in [-0.15, -0.1) is 11.3 Å². The number of methoxy groups -OCH3 is 1. The summed E-state index contributed by atoms with van der Waals surface area (Å²) in [5, 5.41) is 4.37. The Morgan fingerprint density at radius 2 is 1.88 bits per heavy atom. The van der Waals surface area contributed by atoms with Crippen LogP contribution in [0.5, 0.6) is 0 Å². The Morgan fingerprint density at radius 3 is 2.65 bits per heavy atom. The van der Waals surface area contributed by atoms with Crippen LogP contribution in [-0.2, 0) is 4.74 Å². The number of nitrogens with one attached hydrogen (secondary N) is 1. The number of carbonyl (C=O) groups is 1. The Bertz CT molecular complexity index is 1040. The number of anilines is 2. The van der Waals surface area contributed by atoms with Gasteiger partial charge in [-0.3, -0.25) is 0 Å². The molecule has 0 bridgehead atoms. The minimum Gasteiger partial charge on any atom is -0.465 e. The number of aromatic nitrogens is 2. The van der Waals surface area contributed by atoms with Gasteiger partial charge < -0.3 is 10.1 Å². The molecule has 2 aromatic carbocycles. The molecule has 0 spiro atoms. The molecule has 128 valence electrons. The second kappa shape index (κ2) is 6.93. The molecule has 4 rings (SSSR count). The molecule has 0 radical (unpaired) electrons. The number of benzene rings is 2. The van der Waals surface area contributed by atoms with Crippen LogP contribution in [0.4, 0.5) is 11.6 Å². The van der Waals surface area contributed by atoms with Crippen molar-refractivity contribution in [3.05, 3.63) is 72.4 Å². The highest BCUT2D eigenvalue weighted by molar-refractivity contribution is 7.22. The third-order valence-electron chi connectivity index (χ3n) is 3.90. The zero-order valence-electron chi connectivity index (χ0n) is 14.0. The lowest BCUT2D eigenvalue weighted by Gasteiger charge is -2.06. The maximum absolute atomic E-state index is 11.5. The van der Waals surface area contributed by atoms with E-state index in [0.717, 1.165) is 16.3 Å². The van der Waals surface area contributed by atoms with E-state index in [4.69, 9.17) is 4.74 Å². The summed E-state index contributed by atoms with van der Waals surface area (Å²) in [4.78, 5) is 21.5. The van der Waals surface area contributed by atoms with E-state index in [1.54, 1.807) is 41.8 Å². The number of hydrogen-bond acceptors (Lipinski definition) is 6. The molecule has 0 saturated carbocycles. The lowest BCUT2D eigenvalue weighted by Crippen LogP contribution is -2.01. The molecule has 2 heterocycles. The van der Waals surface area contributed by atoms with Crippen molar-refractivity contribution in [3.8, 4) is 10.6 Å². The van der Waals surface area contributed by atoms with E-state index in [-0.39, 0.29) is 5.97 Å². The molecule has 0 aliphatic rings. The fourth-order valence-corrected chi connectivity index (χ4v) is 3.63. The van der Waals surface area contributed by atoms with Crippen molar-refractivity contribution in [3.63, 3.8) is 0 Å². The van der Waals surface area contributed by atoms with Crippen LogP contribution in [0.15, 0.2) is 66.9 Å². The molecule has 5 nitrogen and oxygen atoms in total. The molecular weight excluding hydrogens is 346 g/mol. The van der Waals surface area contributed by atoms with Crippen LogP contribution in [0.25, 0.3) is 20.7 Å². The highest BCUT2D eigenvalue weighted by Gasteiger charge is 2.08. The third-order valence-corrected chi connectivity index (χ3v) is 5.03. The number of fused-ring (bicyclic) bond motifs is 1. The lowest BCUT2D eigenvalue weighted by molar-refractivity contribution is 0.0601. The number of nitrogens with zero attached hydrogens (tertiary/aromatic N) is 2. The van der Waals surface area contributed by atoms with Crippen LogP contribution >= 0.6 is 11.3 Å². The lowest BCUT2D eigenvalue weighted by atomic mass is 10.2. The van der Waals surface area contributed by atoms with Crippen molar-refractivity contribution in [2.75, 3.05) is 12.4 Å². The van der Waals surface area contributed by atoms with Crippen molar-refractivity contribution in [1.29, 1.82) is 0 Å². The molecule has 0 unspecified atom stereocenters. The number of rotatable bonds is 4. The van der Waals surface area contributed by atoms with E-state index >= 15 is 0 Å². The van der Waals surface area contributed by atoms with E-state index in [9.17, 15) is 4.79 Å². The van der Waals surface area contributed by atoms with Gasteiger partial charge in [-0.1, -0.05) is 18.2 Å². The van der Waals surface area contributed by atoms with Gasteiger partial charge in [-0.2, -0.15) is 0 Å². The SMILES string of the molecule is COC(=O)c1ccc(Nc2nccc(-c3cc4ccccc4s3)n2)cc1. The Balaban J connectivity index is 1.58. The molecule has 0 saturated heterocycles. The van der Waals surface area contributed by atoms with E-state index in [1.807, 2.05) is 18.2 Å². The van der Waals surface area contributed by atoms with Crippen molar-refractivity contribution in [2.45, 2.75) is 0 Å². The van der Waals surface area contributed by atoms with Crippen LogP contribution in [0.3, 0.4) is 0 Å². The second-order valence-electron chi connectivity index (χ2n) is 5.61. The molecule has 0 atom stereocenters. The highest BCUT2D eigenvalue weighted by Crippen LogP contribution is 2.32. The van der Waals surface area contributed by atoms with Crippen molar-refractivity contribution >= 4 is 39.0 Å². The second-order valence-corrected chi connectivity index (χ2v) is 6.69. The van der Waals surface area contributed by atoms with Crippen molar-refractivity contribution < 1.29 is 9.53 Å². The predicted octanol–water partition coefficient (Wildman–Crippen LogP) is 4.89. The van der Waals surface area contributed by atoms with Crippen LogP contribution in [0.2, 0.25) is 0 Å². The molecule has 0 aliphatic heterocycles. The average Bonchev–Trinajstić information content (AvgIpc) is 3.12. The van der Waals surface area contributed by atoms with Crippen molar-refractivity contribution in [2.24, 2.45) is 0 Å². The highest BCUT2D eigenvalue weighted by atomic mass is 32.1. The number of thiophene rings is 1. The van der Waals surface area contributed by atoms with Gasteiger partial charge in [0.05, 0.1) is 23.2 Å². The van der Waals surface area contributed by atoms with E-state index in [2.05, 4.69) is 33.5 Å². The molecule has 6 heteroatoms. The summed E-state index contributed by atoms with van der Waals surface area (Å²) in [6.07, 6.45) is 1.73.